The Labute approximate surface area is 213 Å². The van der Waals surface area contributed by atoms with Crippen LogP contribution < -0.4 is 11.2 Å². The number of alkyl carbamates (subject to hydrolysis) is 1. The predicted molar refractivity (Wildman–Crippen MR) is 136 cm³/mol. The van der Waals surface area contributed by atoms with Gasteiger partial charge in [0, 0.05) is 17.8 Å². The molecule has 1 rings (SSSR count). The Balaban J connectivity index is 3.37. The van der Waals surface area contributed by atoms with Crippen LogP contribution in [0.15, 0.2) is 18.2 Å². The number of carbonyl (C=O) groups excluding carboxylic acids is 2. The summed E-state index contributed by atoms with van der Waals surface area (Å²) in [5, 5.41) is 2.83. The maximum absolute atomic E-state index is 12.6. The zero-order valence-corrected chi connectivity index (χ0v) is 22.9. The van der Waals surface area contributed by atoms with E-state index in [2.05, 4.69) is 5.32 Å². The van der Waals surface area contributed by atoms with Crippen molar-refractivity contribution in [2.75, 3.05) is 11.8 Å². The maximum Gasteiger partial charge on any atom is 0.407 e. The second-order valence-corrected chi connectivity index (χ2v) is 11.2. The first kappa shape index (κ1) is 30.5. The fourth-order valence-electron chi connectivity index (χ4n) is 3.72. The SMILES string of the molecule is Cc1ccc(C(CCCl)(CCCl)ON)c(C[C@@H](CC(=O)OC(C)(C)C)NC(=O)OC(C)(C)C)c1. The van der Waals surface area contributed by atoms with Crippen molar-refractivity contribution < 1.29 is 23.9 Å². The van der Waals surface area contributed by atoms with Crippen LogP contribution in [0.25, 0.3) is 0 Å². The molecule has 1 aromatic carbocycles. The van der Waals surface area contributed by atoms with Gasteiger partial charge in [0.2, 0.25) is 0 Å². The molecular formula is C25H40Cl2N2O5. The lowest BCUT2D eigenvalue weighted by Crippen LogP contribution is -2.43. The van der Waals surface area contributed by atoms with Gasteiger partial charge in [0.15, 0.2) is 0 Å². The van der Waals surface area contributed by atoms with E-state index in [9.17, 15) is 9.59 Å². The number of nitrogens with one attached hydrogen (secondary N) is 1. The molecule has 0 radical (unpaired) electrons. The molecule has 0 aliphatic carbocycles. The molecule has 1 aromatic rings. The van der Waals surface area contributed by atoms with Crippen LogP contribution in [0.2, 0.25) is 0 Å². The van der Waals surface area contributed by atoms with Gasteiger partial charge in [0.1, 0.15) is 16.8 Å². The summed E-state index contributed by atoms with van der Waals surface area (Å²) in [5.41, 5.74) is 0.473. The molecule has 1 amide bonds. The van der Waals surface area contributed by atoms with Crippen LogP contribution in [0.4, 0.5) is 4.79 Å². The van der Waals surface area contributed by atoms with E-state index in [0.29, 0.717) is 31.0 Å². The van der Waals surface area contributed by atoms with Gasteiger partial charge in [-0.3, -0.25) is 9.63 Å². The number of benzene rings is 1. The summed E-state index contributed by atoms with van der Waals surface area (Å²) >= 11 is 12.2. The molecule has 0 heterocycles. The smallest absolute Gasteiger partial charge is 0.407 e. The highest BCUT2D eigenvalue weighted by atomic mass is 35.5. The molecular weight excluding hydrogens is 479 g/mol. The number of ether oxygens (including phenoxy) is 2. The number of aryl methyl sites for hydroxylation is 1. The minimum Gasteiger partial charge on any atom is -0.460 e. The van der Waals surface area contributed by atoms with E-state index in [1.54, 1.807) is 41.5 Å². The number of esters is 1. The molecule has 3 N–H and O–H groups in total. The summed E-state index contributed by atoms with van der Waals surface area (Å²) < 4.78 is 10.9. The quantitative estimate of drug-likeness (QED) is 0.227. The minimum absolute atomic E-state index is 0.0363. The molecule has 0 bridgehead atoms. The summed E-state index contributed by atoms with van der Waals surface area (Å²) in [5.74, 6) is 5.98. The average Bonchev–Trinajstić information content (AvgIpc) is 2.64. The van der Waals surface area contributed by atoms with E-state index >= 15 is 0 Å². The Morgan fingerprint density at radius 2 is 1.56 bits per heavy atom. The first-order valence-corrected chi connectivity index (χ1v) is 12.5. The summed E-state index contributed by atoms with van der Waals surface area (Å²) in [4.78, 5) is 30.7. The van der Waals surface area contributed by atoms with Crippen molar-refractivity contribution >= 4 is 35.3 Å². The van der Waals surface area contributed by atoms with Gasteiger partial charge < -0.3 is 14.8 Å². The fourth-order valence-corrected chi connectivity index (χ4v) is 4.33. The van der Waals surface area contributed by atoms with Crippen LogP contribution in [0.1, 0.15) is 77.5 Å². The number of rotatable bonds is 11. The van der Waals surface area contributed by atoms with Crippen molar-refractivity contribution in [2.45, 2.75) is 97.0 Å². The Bertz CT molecular complexity index is 783. The number of carbonyl (C=O) groups is 2. The monoisotopic (exact) mass is 518 g/mol. The third kappa shape index (κ3) is 10.4. The van der Waals surface area contributed by atoms with E-state index < -0.39 is 34.9 Å². The molecule has 0 aromatic heterocycles. The van der Waals surface area contributed by atoms with Crippen molar-refractivity contribution in [3.8, 4) is 0 Å². The summed E-state index contributed by atoms with van der Waals surface area (Å²) in [7, 11) is 0. The van der Waals surface area contributed by atoms with Gasteiger partial charge in [0.25, 0.3) is 0 Å². The van der Waals surface area contributed by atoms with Crippen molar-refractivity contribution in [1.82, 2.24) is 5.32 Å². The zero-order valence-electron chi connectivity index (χ0n) is 21.4. The first-order chi connectivity index (χ1) is 15.6. The first-order valence-electron chi connectivity index (χ1n) is 11.5. The molecule has 0 aliphatic heterocycles. The third-order valence-corrected chi connectivity index (χ3v) is 5.37. The molecule has 7 nitrogen and oxygen atoms in total. The van der Waals surface area contributed by atoms with Crippen molar-refractivity contribution in [1.29, 1.82) is 0 Å². The Morgan fingerprint density at radius 1 is 1.00 bits per heavy atom. The van der Waals surface area contributed by atoms with Crippen LogP contribution in [0.3, 0.4) is 0 Å². The highest BCUT2D eigenvalue weighted by molar-refractivity contribution is 6.18. The second-order valence-electron chi connectivity index (χ2n) is 10.5. The lowest BCUT2D eigenvalue weighted by Gasteiger charge is -2.34. The van der Waals surface area contributed by atoms with Gasteiger partial charge in [-0.2, -0.15) is 0 Å². The van der Waals surface area contributed by atoms with Gasteiger partial charge in [-0.1, -0.05) is 23.8 Å². The lowest BCUT2D eigenvalue weighted by atomic mass is 9.82. The number of halogens is 2. The van der Waals surface area contributed by atoms with Crippen molar-refractivity contribution in [2.24, 2.45) is 5.90 Å². The van der Waals surface area contributed by atoms with Crippen molar-refractivity contribution in [3.63, 3.8) is 0 Å². The van der Waals surface area contributed by atoms with Gasteiger partial charge >= 0.3 is 12.1 Å². The van der Waals surface area contributed by atoms with E-state index in [1.165, 1.54) is 0 Å². The van der Waals surface area contributed by atoms with Crippen LogP contribution in [-0.4, -0.2) is 41.1 Å². The standard InChI is InChI=1S/C25H40Cl2N2O5/c1-17-8-9-20(25(34-28,10-12-26)11-13-27)18(14-17)15-19(16-21(30)32-23(2,3)4)29-22(31)33-24(5,6)7/h8-9,14,19H,10-13,15-16,28H2,1-7H3,(H,29,31)/t19-/m0/s1. The molecule has 0 aliphatic rings. The molecule has 9 heteroatoms. The van der Waals surface area contributed by atoms with Gasteiger partial charge in [-0.25, -0.2) is 10.7 Å². The van der Waals surface area contributed by atoms with Crippen LogP contribution in [0.5, 0.6) is 0 Å². The second kappa shape index (κ2) is 13.0. The third-order valence-electron chi connectivity index (χ3n) is 4.99. The van der Waals surface area contributed by atoms with Gasteiger partial charge in [-0.05, 0) is 78.9 Å². The largest absolute Gasteiger partial charge is 0.460 e. The Hall–Kier alpha value is -1.54. The van der Waals surface area contributed by atoms with Crippen LogP contribution >= 0.6 is 23.2 Å². The fraction of sp³-hybridized carbons (Fsp3) is 0.680. The Kier molecular flexibility index (Phi) is 11.6. The Morgan fingerprint density at radius 3 is 2.03 bits per heavy atom. The highest BCUT2D eigenvalue weighted by Gasteiger charge is 2.35. The van der Waals surface area contributed by atoms with E-state index in [-0.39, 0.29) is 6.42 Å². The molecule has 0 saturated heterocycles. The molecule has 0 spiro atoms. The van der Waals surface area contributed by atoms with E-state index in [1.807, 2.05) is 25.1 Å². The number of hydrogen-bond donors (Lipinski definition) is 2. The van der Waals surface area contributed by atoms with E-state index in [0.717, 1.165) is 16.7 Å². The van der Waals surface area contributed by atoms with Crippen LogP contribution in [0, 0.1) is 6.92 Å². The normalized spacial score (nSPS) is 13.4. The summed E-state index contributed by atoms with van der Waals surface area (Å²) in [6.45, 7) is 12.7. The van der Waals surface area contributed by atoms with Crippen LogP contribution in [-0.2, 0) is 31.1 Å². The van der Waals surface area contributed by atoms with Gasteiger partial charge in [0.05, 0.1) is 6.42 Å². The molecule has 194 valence electrons. The molecule has 0 unspecified atom stereocenters. The number of alkyl halides is 2. The van der Waals surface area contributed by atoms with Crippen molar-refractivity contribution in [3.05, 3.63) is 34.9 Å². The molecule has 1 atom stereocenters. The zero-order chi connectivity index (χ0) is 26.2. The number of hydrogen-bond acceptors (Lipinski definition) is 6. The highest BCUT2D eigenvalue weighted by Crippen LogP contribution is 2.36. The molecule has 0 saturated carbocycles. The maximum atomic E-state index is 12.6. The minimum atomic E-state index is -0.894. The van der Waals surface area contributed by atoms with Gasteiger partial charge in [-0.15, -0.1) is 23.2 Å². The summed E-state index contributed by atoms with van der Waals surface area (Å²) in [6.07, 6.45) is 0.572. The molecule has 34 heavy (non-hydrogen) atoms. The average molecular weight is 520 g/mol. The lowest BCUT2D eigenvalue weighted by molar-refractivity contribution is -0.155. The number of nitrogens with two attached hydrogens (primary N) is 1. The number of amides is 1. The molecule has 0 fully saturated rings. The predicted octanol–water partition coefficient (Wildman–Crippen LogP) is 5.51. The van der Waals surface area contributed by atoms with E-state index in [4.69, 9.17) is 43.4 Å². The topological polar surface area (TPSA) is 99.9 Å². The summed E-state index contributed by atoms with van der Waals surface area (Å²) in [6, 6.07) is 5.30.